The molecule has 2 amide bonds. The number of nitrogens with zero attached hydrogens (tertiary/aromatic N) is 2. The second-order valence-corrected chi connectivity index (χ2v) is 3.96. The van der Waals surface area contributed by atoms with Crippen LogP contribution in [-0.2, 0) is 6.54 Å². The number of carbonyl (C=O) groups excluding carboxylic acids is 1. The van der Waals surface area contributed by atoms with Gasteiger partial charge in [0.1, 0.15) is 18.9 Å². The van der Waals surface area contributed by atoms with Crippen molar-refractivity contribution in [2.24, 2.45) is 5.18 Å². The van der Waals surface area contributed by atoms with Gasteiger partial charge >= 0.3 is 6.03 Å². The van der Waals surface area contributed by atoms with Crippen LogP contribution in [0.5, 0.6) is 5.75 Å². The Labute approximate surface area is 105 Å². The van der Waals surface area contributed by atoms with Crippen molar-refractivity contribution in [2.45, 2.75) is 6.54 Å². The lowest BCUT2D eigenvalue weighted by molar-refractivity contribution is 0.202. The van der Waals surface area contributed by atoms with Crippen LogP contribution in [0.2, 0.25) is 0 Å². The molecule has 1 aromatic rings. The van der Waals surface area contributed by atoms with Crippen molar-refractivity contribution in [3.8, 4) is 5.75 Å². The molecule has 1 saturated heterocycles. The number of carbonyl (C=O) groups is 1. The second kappa shape index (κ2) is 6.00. The third-order valence-electron chi connectivity index (χ3n) is 2.77. The highest BCUT2D eigenvalue weighted by atomic mass is 16.5. The standard InChI is InChI=1S/C12H15N3O3/c16-12-13-5-6-15(12)7-8-18-11-4-2-1-3-10(11)9-14-17/h1-4H,5-9H2,(H,13,16). The highest BCUT2D eigenvalue weighted by Crippen LogP contribution is 2.18. The van der Waals surface area contributed by atoms with Gasteiger partial charge in [0, 0.05) is 18.7 Å². The van der Waals surface area contributed by atoms with Crippen LogP contribution in [0.1, 0.15) is 5.56 Å². The van der Waals surface area contributed by atoms with Crippen LogP contribution in [0.25, 0.3) is 0 Å². The number of rotatable bonds is 6. The summed E-state index contributed by atoms with van der Waals surface area (Å²) in [5.41, 5.74) is 0.762. The van der Waals surface area contributed by atoms with Gasteiger partial charge in [-0.3, -0.25) is 0 Å². The molecule has 0 aromatic heterocycles. The molecule has 1 aliphatic heterocycles. The van der Waals surface area contributed by atoms with Crippen molar-refractivity contribution in [1.82, 2.24) is 10.2 Å². The fourth-order valence-corrected chi connectivity index (χ4v) is 1.84. The molecule has 0 unspecified atom stereocenters. The van der Waals surface area contributed by atoms with Crippen LogP contribution < -0.4 is 10.1 Å². The second-order valence-electron chi connectivity index (χ2n) is 3.96. The minimum Gasteiger partial charge on any atom is -0.491 e. The molecule has 0 saturated carbocycles. The van der Waals surface area contributed by atoms with E-state index in [1.807, 2.05) is 12.1 Å². The van der Waals surface area contributed by atoms with E-state index in [0.717, 1.165) is 5.56 Å². The molecular formula is C12H15N3O3. The highest BCUT2D eigenvalue weighted by molar-refractivity contribution is 5.76. The zero-order chi connectivity index (χ0) is 12.8. The van der Waals surface area contributed by atoms with Crippen LogP contribution >= 0.6 is 0 Å². The molecule has 6 heteroatoms. The maximum Gasteiger partial charge on any atom is 0.317 e. The van der Waals surface area contributed by atoms with Gasteiger partial charge in [0.05, 0.1) is 6.54 Å². The first-order chi connectivity index (χ1) is 8.81. The molecule has 0 bridgehead atoms. The monoisotopic (exact) mass is 249 g/mol. The molecule has 0 spiro atoms. The van der Waals surface area contributed by atoms with Gasteiger partial charge in [-0.05, 0) is 6.07 Å². The number of ether oxygens (including phenoxy) is 1. The topological polar surface area (TPSA) is 71.0 Å². The molecule has 96 valence electrons. The van der Waals surface area contributed by atoms with Crippen molar-refractivity contribution in [3.05, 3.63) is 34.7 Å². The van der Waals surface area contributed by atoms with Crippen molar-refractivity contribution >= 4 is 6.03 Å². The van der Waals surface area contributed by atoms with Crippen molar-refractivity contribution in [2.75, 3.05) is 26.2 Å². The molecule has 1 N–H and O–H groups in total. The third kappa shape index (κ3) is 2.97. The maximum atomic E-state index is 11.3. The Hall–Kier alpha value is -2.11. The largest absolute Gasteiger partial charge is 0.491 e. The Kier molecular flexibility index (Phi) is 4.11. The Balaban J connectivity index is 1.86. The molecule has 0 atom stereocenters. The normalized spacial score (nSPS) is 14.4. The van der Waals surface area contributed by atoms with Crippen molar-refractivity contribution in [3.63, 3.8) is 0 Å². The van der Waals surface area contributed by atoms with Gasteiger partial charge in [-0.2, -0.15) is 4.91 Å². The van der Waals surface area contributed by atoms with E-state index in [0.29, 0.717) is 32.0 Å². The van der Waals surface area contributed by atoms with E-state index >= 15 is 0 Å². The van der Waals surface area contributed by atoms with Crippen LogP contribution in [-0.4, -0.2) is 37.2 Å². The van der Waals surface area contributed by atoms with Crippen molar-refractivity contribution in [1.29, 1.82) is 0 Å². The zero-order valence-electron chi connectivity index (χ0n) is 9.96. The van der Waals surface area contributed by atoms with Gasteiger partial charge in [-0.1, -0.05) is 23.4 Å². The molecule has 1 heterocycles. The van der Waals surface area contributed by atoms with E-state index in [9.17, 15) is 9.70 Å². The van der Waals surface area contributed by atoms with Gasteiger partial charge in [0.2, 0.25) is 0 Å². The smallest absolute Gasteiger partial charge is 0.317 e. The summed E-state index contributed by atoms with van der Waals surface area (Å²) in [6.45, 7) is 2.43. The Morgan fingerprint density at radius 1 is 1.39 bits per heavy atom. The average molecular weight is 249 g/mol. The lowest BCUT2D eigenvalue weighted by atomic mass is 10.2. The molecule has 1 fully saturated rings. The average Bonchev–Trinajstić information content (AvgIpc) is 2.78. The fraction of sp³-hybridized carbons (Fsp3) is 0.417. The van der Waals surface area contributed by atoms with Gasteiger partial charge in [0.25, 0.3) is 0 Å². The minimum absolute atomic E-state index is 0.0542. The third-order valence-corrected chi connectivity index (χ3v) is 2.77. The fourth-order valence-electron chi connectivity index (χ4n) is 1.84. The first-order valence-electron chi connectivity index (χ1n) is 5.84. The predicted molar refractivity (Wildman–Crippen MR) is 66.4 cm³/mol. The van der Waals surface area contributed by atoms with Crippen molar-refractivity contribution < 1.29 is 9.53 Å². The SMILES string of the molecule is O=NCc1ccccc1OCCN1CCNC1=O. The zero-order valence-corrected chi connectivity index (χ0v) is 9.96. The van der Waals surface area contributed by atoms with Crippen LogP contribution in [0.15, 0.2) is 29.4 Å². The Morgan fingerprint density at radius 3 is 2.94 bits per heavy atom. The quantitative estimate of drug-likeness (QED) is 0.774. The Bertz CT molecular complexity index is 436. The number of benzene rings is 1. The summed E-state index contributed by atoms with van der Waals surface area (Å²) in [5.74, 6) is 0.650. The minimum atomic E-state index is -0.0542. The van der Waals surface area contributed by atoms with Crippen LogP contribution in [0.4, 0.5) is 4.79 Å². The molecule has 18 heavy (non-hydrogen) atoms. The van der Waals surface area contributed by atoms with Crippen LogP contribution in [0.3, 0.4) is 0 Å². The molecule has 1 aliphatic rings. The summed E-state index contributed by atoms with van der Waals surface area (Å²) < 4.78 is 5.58. The van der Waals surface area contributed by atoms with Gasteiger partial charge in [0.15, 0.2) is 0 Å². The predicted octanol–water partition coefficient (Wildman–Crippen LogP) is 1.36. The number of urea groups is 1. The van der Waals surface area contributed by atoms with E-state index in [-0.39, 0.29) is 12.6 Å². The van der Waals surface area contributed by atoms with E-state index < -0.39 is 0 Å². The number of hydrogen-bond donors (Lipinski definition) is 1. The van der Waals surface area contributed by atoms with Gasteiger partial charge in [-0.25, -0.2) is 4.79 Å². The molecular weight excluding hydrogens is 234 g/mol. The summed E-state index contributed by atoms with van der Waals surface area (Å²) in [7, 11) is 0. The van der Waals surface area contributed by atoms with Gasteiger partial charge < -0.3 is 15.0 Å². The molecule has 6 nitrogen and oxygen atoms in total. The summed E-state index contributed by atoms with van der Waals surface area (Å²) in [6, 6.07) is 7.22. The van der Waals surface area contributed by atoms with E-state index in [1.54, 1.807) is 17.0 Å². The van der Waals surface area contributed by atoms with Crippen LogP contribution in [0, 0.1) is 4.91 Å². The number of amides is 2. The van der Waals surface area contributed by atoms with E-state index in [4.69, 9.17) is 4.74 Å². The summed E-state index contributed by atoms with van der Waals surface area (Å²) >= 11 is 0. The molecule has 0 aliphatic carbocycles. The molecule has 1 aromatic carbocycles. The molecule has 2 rings (SSSR count). The summed E-state index contributed by atoms with van der Waals surface area (Å²) in [6.07, 6.45) is 0. The highest BCUT2D eigenvalue weighted by Gasteiger charge is 2.18. The van der Waals surface area contributed by atoms with Gasteiger partial charge in [-0.15, -0.1) is 0 Å². The molecule has 0 radical (unpaired) electrons. The summed E-state index contributed by atoms with van der Waals surface area (Å²) in [5, 5.41) is 5.58. The lowest BCUT2D eigenvalue weighted by Gasteiger charge is -2.15. The summed E-state index contributed by atoms with van der Waals surface area (Å²) in [4.78, 5) is 23.3. The van der Waals surface area contributed by atoms with E-state index in [1.165, 1.54) is 0 Å². The first-order valence-corrected chi connectivity index (χ1v) is 5.84. The number of para-hydroxylation sites is 1. The Morgan fingerprint density at radius 2 is 2.22 bits per heavy atom. The number of nitrogens with one attached hydrogen (secondary N) is 1. The number of hydrogen-bond acceptors (Lipinski definition) is 4. The maximum absolute atomic E-state index is 11.3. The lowest BCUT2D eigenvalue weighted by Crippen LogP contribution is -2.31. The van der Waals surface area contributed by atoms with E-state index in [2.05, 4.69) is 10.5 Å². The number of nitroso groups, excluding NO2 is 1. The first kappa shape index (κ1) is 12.3.